The van der Waals surface area contributed by atoms with Crippen LogP contribution in [0.3, 0.4) is 0 Å². The smallest absolute Gasteiger partial charge is 0.381 e. The highest BCUT2D eigenvalue weighted by Gasteiger charge is 2.28. The van der Waals surface area contributed by atoms with Crippen LogP contribution in [0.25, 0.3) is 22.2 Å². The fourth-order valence-electron chi connectivity index (χ4n) is 3.31. The molecule has 3 aromatic heterocycles. The normalized spacial score (nSPS) is 15.6. The molecule has 0 radical (unpaired) electrons. The van der Waals surface area contributed by atoms with Gasteiger partial charge < -0.3 is 4.74 Å². The largest absolute Gasteiger partial charge is 0.481 e. The Morgan fingerprint density at radius 3 is 2.63 bits per heavy atom. The molecule has 0 aromatic carbocycles. The lowest BCUT2D eigenvalue weighted by molar-refractivity contribution is 0.313. The summed E-state index contributed by atoms with van der Waals surface area (Å²) >= 11 is -1.06. The summed E-state index contributed by atoms with van der Waals surface area (Å²) in [5, 5.41) is 1.19. The Morgan fingerprint density at radius 1 is 1.30 bits per heavy atom. The fraction of sp³-hybridized carbons (Fsp3) is 0.368. The number of aryl methyl sites for hydroxylation is 1. The molecule has 1 fully saturated rings. The first-order valence-electron chi connectivity index (χ1n) is 8.79. The van der Waals surface area contributed by atoms with Crippen LogP contribution in [0.15, 0.2) is 34.3 Å². The monoisotopic (exact) mass is 385 g/mol. The molecule has 1 aliphatic rings. The zero-order valence-corrected chi connectivity index (χ0v) is 16.3. The van der Waals surface area contributed by atoms with Crippen molar-refractivity contribution in [2.24, 2.45) is 0 Å². The minimum atomic E-state index is -1.06. The standard InChI is InChI=1S/C19H21N4O3S/c1-11-14-9-15(12-7-8-16(26-2)20-10-12)18(24)23(13-5-4-6-13)17(14)22-19(21-11)27(3)25/h7-10,13,25H,4-6H2,1-3H3/q+1. The van der Waals surface area contributed by atoms with Gasteiger partial charge >= 0.3 is 5.16 Å². The Morgan fingerprint density at radius 2 is 2.07 bits per heavy atom. The van der Waals surface area contributed by atoms with Crippen molar-refractivity contribution >= 4 is 22.2 Å². The van der Waals surface area contributed by atoms with Gasteiger partial charge in [-0.05, 0) is 38.3 Å². The van der Waals surface area contributed by atoms with E-state index < -0.39 is 11.2 Å². The average Bonchev–Trinajstić information content (AvgIpc) is 2.62. The van der Waals surface area contributed by atoms with Gasteiger partial charge in [0.05, 0.1) is 12.8 Å². The number of methoxy groups -OCH3 is 1. The van der Waals surface area contributed by atoms with Crippen molar-refractivity contribution in [1.29, 1.82) is 0 Å². The number of rotatable bonds is 4. The molecule has 1 unspecified atom stereocenters. The molecule has 27 heavy (non-hydrogen) atoms. The van der Waals surface area contributed by atoms with Gasteiger partial charge in [0, 0.05) is 34.8 Å². The van der Waals surface area contributed by atoms with Gasteiger partial charge in [0.2, 0.25) is 17.1 Å². The second kappa shape index (κ2) is 6.94. The predicted octanol–water partition coefficient (Wildman–Crippen LogP) is 2.98. The highest BCUT2D eigenvalue weighted by atomic mass is 32.2. The van der Waals surface area contributed by atoms with Gasteiger partial charge in [0.1, 0.15) is 6.26 Å². The molecule has 0 amide bonds. The first kappa shape index (κ1) is 17.9. The second-order valence-corrected chi connectivity index (χ2v) is 8.04. The van der Waals surface area contributed by atoms with Crippen LogP contribution in [0.1, 0.15) is 31.0 Å². The zero-order valence-electron chi connectivity index (χ0n) is 15.5. The van der Waals surface area contributed by atoms with Gasteiger partial charge in [-0.3, -0.25) is 9.36 Å². The van der Waals surface area contributed by atoms with Crippen LogP contribution >= 0.6 is 0 Å². The molecule has 0 bridgehead atoms. The van der Waals surface area contributed by atoms with Crippen LogP contribution in [0.5, 0.6) is 5.88 Å². The highest BCUT2D eigenvalue weighted by Crippen LogP contribution is 2.34. The lowest BCUT2D eigenvalue weighted by Gasteiger charge is -2.29. The molecule has 1 atom stereocenters. The molecule has 4 rings (SSSR count). The topological polar surface area (TPSA) is 90.1 Å². The van der Waals surface area contributed by atoms with E-state index in [9.17, 15) is 9.35 Å². The van der Waals surface area contributed by atoms with E-state index in [-0.39, 0.29) is 11.6 Å². The Bertz CT molecular complexity index is 1060. The molecule has 1 saturated carbocycles. The van der Waals surface area contributed by atoms with E-state index in [0.717, 1.165) is 35.9 Å². The number of hydrogen-bond donors (Lipinski definition) is 1. The fourth-order valence-corrected chi connectivity index (χ4v) is 3.80. The summed E-state index contributed by atoms with van der Waals surface area (Å²) in [6.45, 7) is 1.88. The van der Waals surface area contributed by atoms with E-state index in [2.05, 4.69) is 15.0 Å². The number of aromatic nitrogens is 4. The van der Waals surface area contributed by atoms with Crippen molar-refractivity contribution in [2.75, 3.05) is 13.4 Å². The number of fused-ring (bicyclic) bond motifs is 1. The zero-order chi connectivity index (χ0) is 19.1. The molecule has 1 aliphatic carbocycles. The summed E-state index contributed by atoms with van der Waals surface area (Å²) < 4.78 is 16.8. The first-order chi connectivity index (χ1) is 13.0. The third-order valence-electron chi connectivity index (χ3n) is 5.02. The van der Waals surface area contributed by atoms with Crippen molar-refractivity contribution < 1.29 is 9.29 Å². The molecule has 1 N–H and O–H groups in total. The van der Waals surface area contributed by atoms with Crippen LogP contribution in [0.4, 0.5) is 0 Å². The third kappa shape index (κ3) is 3.08. The van der Waals surface area contributed by atoms with Gasteiger partial charge in [-0.25, -0.2) is 4.98 Å². The molecular formula is C19H21N4O3S+. The van der Waals surface area contributed by atoms with Crippen LogP contribution < -0.4 is 10.3 Å². The maximum atomic E-state index is 13.3. The minimum absolute atomic E-state index is 0.0860. The van der Waals surface area contributed by atoms with Crippen molar-refractivity contribution in [2.45, 2.75) is 37.4 Å². The second-order valence-electron chi connectivity index (χ2n) is 6.71. The van der Waals surface area contributed by atoms with Gasteiger partial charge in [-0.15, -0.1) is 0 Å². The maximum absolute atomic E-state index is 13.3. The summed E-state index contributed by atoms with van der Waals surface area (Å²) in [4.78, 5) is 26.6. The summed E-state index contributed by atoms with van der Waals surface area (Å²) in [7, 11) is 1.56. The lowest BCUT2D eigenvalue weighted by atomic mass is 9.92. The van der Waals surface area contributed by atoms with Crippen molar-refractivity contribution in [3.8, 4) is 17.0 Å². The first-order valence-corrected chi connectivity index (χ1v) is 10.4. The highest BCUT2D eigenvalue weighted by molar-refractivity contribution is 7.90. The predicted molar refractivity (Wildman–Crippen MR) is 105 cm³/mol. The molecule has 0 spiro atoms. The van der Waals surface area contributed by atoms with Gasteiger partial charge in [0.15, 0.2) is 5.65 Å². The molecule has 0 aliphatic heterocycles. The van der Waals surface area contributed by atoms with E-state index in [0.29, 0.717) is 22.2 Å². The SMILES string of the molecule is COc1ccc(-c2cc3c(C)nc([S+](C)O)nc3n(C3CCC3)c2=O)cn1. The molecular weight excluding hydrogens is 364 g/mol. The van der Waals surface area contributed by atoms with Crippen LogP contribution in [0, 0.1) is 6.92 Å². The lowest BCUT2D eigenvalue weighted by Crippen LogP contribution is -2.31. The average molecular weight is 385 g/mol. The van der Waals surface area contributed by atoms with Crippen LogP contribution in [0.2, 0.25) is 0 Å². The van der Waals surface area contributed by atoms with E-state index in [1.54, 1.807) is 30.2 Å². The maximum Gasteiger partial charge on any atom is 0.381 e. The summed E-state index contributed by atoms with van der Waals surface area (Å²) in [5.74, 6) is 0.501. The van der Waals surface area contributed by atoms with E-state index in [4.69, 9.17) is 4.74 Å². The molecule has 0 saturated heterocycles. The summed E-state index contributed by atoms with van der Waals surface area (Å²) in [6, 6.07) is 5.54. The number of hydrogen-bond acceptors (Lipinski definition) is 6. The van der Waals surface area contributed by atoms with E-state index >= 15 is 0 Å². The van der Waals surface area contributed by atoms with E-state index in [1.165, 1.54) is 0 Å². The van der Waals surface area contributed by atoms with Crippen LogP contribution in [-0.2, 0) is 11.2 Å². The van der Waals surface area contributed by atoms with E-state index in [1.807, 2.05) is 19.1 Å². The Hall–Kier alpha value is -2.45. The Balaban J connectivity index is 2.00. The number of nitrogens with zero attached hydrogens (tertiary/aromatic N) is 4. The summed E-state index contributed by atoms with van der Waals surface area (Å²) in [5.41, 5.74) is 2.57. The van der Waals surface area contributed by atoms with Crippen LogP contribution in [-0.4, -0.2) is 37.4 Å². The minimum Gasteiger partial charge on any atom is -0.481 e. The van der Waals surface area contributed by atoms with Gasteiger partial charge in [0.25, 0.3) is 5.56 Å². The van der Waals surface area contributed by atoms with Crippen molar-refractivity contribution in [3.05, 3.63) is 40.4 Å². The van der Waals surface area contributed by atoms with Crippen molar-refractivity contribution in [1.82, 2.24) is 19.5 Å². The molecule has 140 valence electrons. The molecule has 8 heteroatoms. The quantitative estimate of drug-likeness (QED) is 0.548. The number of ether oxygens (including phenoxy) is 1. The molecule has 3 aromatic rings. The number of pyridine rings is 2. The Kier molecular flexibility index (Phi) is 4.61. The molecule has 7 nitrogen and oxygen atoms in total. The third-order valence-corrected chi connectivity index (χ3v) is 5.73. The van der Waals surface area contributed by atoms with Gasteiger partial charge in [-0.1, -0.05) is 0 Å². The summed E-state index contributed by atoms with van der Waals surface area (Å²) in [6.07, 6.45) is 6.31. The molecule has 3 heterocycles. The Labute approximate surface area is 159 Å². The van der Waals surface area contributed by atoms with Crippen molar-refractivity contribution in [3.63, 3.8) is 0 Å². The van der Waals surface area contributed by atoms with Gasteiger partial charge in [-0.2, -0.15) is 14.5 Å².